The van der Waals surface area contributed by atoms with E-state index in [1.807, 2.05) is 0 Å². The van der Waals surface area contributed by atoms with Gasteiger partial charge in [-0.25, -0.2) is 0 Å². The lowest BCUT2D eigenvalue weighted by molar-refractivity contribution is 0.137. The largest absolute Gasteiger partial charge is 0.316 e. The number of hydrogen-bond acceptors (Lipinski definition) is 2. The minimum atomic E-state index is 0.524. The third-order valence-corrected chi connectivity index (χ3v) is 5.31. The Balaban J connectivity index is 1.88. The maximum atomic E-state index is 3.57. The number of rotatable bonds is 4. The van der Waals surface area contributed by atoms with E-state index in [0.717, 1.165) is 0 Å². The Morgan fingerprint density at radius 1 is 1.18 bits per heavy atom. The monoisotopic (exact) mass is 238 g/mol. The third-order valence-electron chi connectivity index (χ3n) is 5.31. The fraction of sp³-hybridized carbons (Fsp3) is 1.00. The van der Waals surface area contributed by atoms with Crippen LogP contribution in [0.1, 0.15) is 52.9 Å². The van der Waals surface area contributed by atoms with Crippen molar-refractivity contribution in [2.45, 2.75) is 52.9 Å². The van der Waals surface area contributed by atoms with E-state index >= 15 is 0 Å². The van der Waals surface area contributed by atoms with Crippen molar-refractivity contribution in [2.75, 3.05) is 32.7 Å². The molecule has 100 valence electrons. The maximum Gasteiger partial charge on any atom is 0.00477 e. The Morgan fingerprint density at radius 3 is 2.47 bits per heavy atom. The first kappa shape index (κ1) is 13.4. The van der Waals surface area contributed by atoms with Crippen LogP contribution >= 0.6 is 0 Å². The highest BCUT2D eigenvalue weighted by atomic mass is 15.2. The van der Waals surface area contributed by atoms with Crippen LogP contribution in [0.15, 0.2) is 0 Å². The summed E-state index contributed by atoms with van der Waals surface area (Å²) in [6, 6.07) is 0. The molecule has 0 spiro atoms. The van der Waals surface area contributed by atoms with Crippen molar-refractivity contribution < 1.29 is 0 Å². The zero-order valence-electron chi connectivity index (χ0n) is 12.0. The molecule has 0 aromatic rings. The molecule has 2 heterocycles. The van der Waals surface area contributed by atoms with Gasteiger partial charge in [-0.05, 0) is 56.0 Å². The van der Waals surface area contributed by atoms with Gasteiger partial charge in [0.05, 0.1) is 0 Å². The summed E-state index contributed by atoms with van der Waals surface area (Å²) >= 11 is 0. The molecule has 2 aliphatic rings. The summed E-state index contributed by atoms with van der Waals surface area (Å²) in [6.45, 7) is 13.6. The van der Waals surface area contributed by atoms with Crippen LogP contribution in [0.25, 0.3) is 0 Å². The normalized spacial score (nSPS) is 34.1. The summed E-state index contributed by atoms with van der Waals surface area (Å²) in [6.07, 6.45) is 6.90. The van der Waals surface area contributed by atoms with Gasteiger partial charge in [-0.15, -0.1) is 0 Å². The van der Waals surface area contributed by atoms with Crippen molar-refractivity contribution in [3.8, 4) is 0 Å². The number of likely N-dealkylation sites (tertiary alicyclic amines) is 1. The molecule has 2 rings (SSSR count). The Hall–Kier alpha value is -0.0800. The lowest BCUT2D eigenvalue weighted by atomic mass is 9.81. The molecule has 17 heavy (non-hydrogen) atoms. The van der Waals surface area contributed by atoms with Gasteiger partial charge >= 0.3 is 0 Å². The van der Waals surface area contributed by atoms with Crippen LogP contribution < -0.4 is 5.32 Å². The van der Waals surface area contributed by atoms with Gasteiger partial charge < -0.3 is 10.2 Å². The second-order valence-electron chi connectivity index (χ2n) is 6.76. The van der Waals surface area contributed by atoms with Crippen LogP contribution in [-0.2, 0) is 0 Å². The Bertz CT molecular complexity index is 239. The lowest BCUT2D eigenvalue weighted by Gasteiger charge is -2.38. The first-order valence-corrected chi connectivity index (χ1v) is 7.54. The van der Waals surface area contributed by atoms with Crippen LogP contribution in [-0.4, -0.2) is 37.6 Å². The van der Waals surface area contributed by atoms with E-state index in [4.69, 9.17) is 0 Å². The minimum Gasteiger partial charge on any atom is -0.316 e. The van der Waals surface area contributed by atoms with Crippen LogP contribution in [0.4, 0.5) is 0 Å². The molecule has 0 amide bonds. The zero-order chi connectivity index (χ0) is 12.4. The lowest BCUT2D eigenvalue weighted by Crippen LogP contribution is -2.45. The van der Waals surface area contributed by atoms with Crippen molar-refractivity contribution in [1.29, 1.82) is 0 Å². The highest BCUT2D eigenvalue weighted by Gasteiger charge is 2.38. The second-order valence-corrected chi connectivity index (χ2v) is 6.76. The predicted octanol–water partition coefficient (Wildman–Crippen LogP) is 2.89. The van der Waals surface area contributed by atoms with Gasteiger partial charge in [0.15, 0.2) is 0 Å². The Morgan fingerprint density at radius 2 is 1.94 bits per heavy atom. The molecule has 0 radical (unpaired) electrons. The molecule has 0 aromatic carbocycles. The van der Waals surface area contributed by atoms with E-state index in [-0.39, 0.29) is 0 Å². The number of piperidine rings is 1. The fourth-order valence-electron chi connectivity index (χ4n) is 3.78. The molecule has 0 bridgehead atoms. The summed E-state index contributed by atoms with van der Waals surface area (Å²) in [5.74, 6) is 0. The van der Waals surface area contributed by atoms with Gasteiger partial charge in [0.2, 0.25) is 0 Å². The fourth-order valence-corrected chi connectivity index (χ4v) is 3.78. The van der Waals surface area contributed by atoms with Gasteiger partial charge in [0, 0.05) is 19.6 Å². The van der Waals surface area contributed by atoms with Gasteiger partial charge in [0.1, 0.15) is 0 Å². The number of nitrogens with one attached hydrogen (secondary N) is 1. The first-order chi connectivity index (χ1) is 8.11. The van der Waals surface area contributed by atoms with E-state index in [0.29, 0.717) is 10.8 Å². The molecule has 2 aliphatic heterocycles. The average molecular weight is 238 g/mol. The molecular weight excluding hydrogens is 208 g/mol. The third kappa shape index (κ3) is 3.03. The van der Waals surface area contributed by atoms with Crippen molar-refractivity contribution in [3.63, 3.8) is 0 Å². The summed E-state index contributed by atoms with van der Waals surface area (Å²) in [7, 11) is 0. The summed E-state index contributed by atoms with van der Waals surface area (Å²) in [5.41, 5.74) is 1.16. The molecular formula is C15H30N2. The summed E-state index contributed by atoms with van der Waals surface area (Å²) in [5, 5.41) is 3.57. The predicted molar refractivity (Wildman–Crippen MR) is 74.3 cm³/mol. The van der Waals surface area contributed by atoms with Crippen molar-refractivity contribution in [1.82, 2.24) is 10.2 Å². The van der Waals surface area contributed by atoms with Crippen molar-refractivity contribution in [3.05, 3.63) is 0 Å². The molecule has 2 heteroatoms. The molecule has 0 aliphatic carbocycles. The van der Waals surface area contributed by atoms with E-state index in [9.17, 15) is 0 Å². The van der Waals surface area contributed by atoms with Gasteiger partial charge in [-0.2, -0.15) is 0 Å². The maximum absolute atomic E-state index is 3.57. The molecule has 1 atom stereocenters. The Labute approximate surface area is 107 Å². The van der Waals surface area contributed by atoms with Gasteiger partial charge in [-0.3, -0.25) is 0 Å². The quantitative estimate of drug-likeness (QED) is 0.810. The van der Waals surface area contributed by atoms with Crippen molar-refractivity contribution in [2.24, 2.45) is 10.8 Å². The topological polar surface area (TPSA) is 15.3 Å². The van der Waals surface area contributed by atoms with E-state index in [1.165, 1.54) is 64.8 Å². The molecule has 2 saturated heterocycles. The van der Waals surface area contributed by atoms with Crippen LogP contribution in [0, 0.1) is 10.8 Å². The molecule has 0 aromatic heterocycles. The first-order valence-electron chi connectivity index (χ1n) is 7.54. The summed E-state index contributed by atoms with van der Waals surface area (Å²) < 4.78 is 0. The number of nitrogens with zero attached hydrogens (tertiary/aromatic N) is 1. The molecule has 0 saturated carbocycles. The van der Waals surface area contributed by atoms with E-state index in [2.05, 4.69) is 31.0 Å². The number of hydrogen-bond donors (Lipinski definition) is 1. The van der Waals surface area contributed by atoms with Gasteiger partial charge in [0.25, 0.3) is 0 Å². The van der Waals surface area contributed by atoms with E-state index in [1.54, 1.807) is 0 Å². The van der Waals surface area contributed by atoms with Crippen LogP contribution in [0.5, 0.6) is 0 Å². The SMILES string of the molecule is CCC1(CC)CCN(CC2(C)CCCNC2)C1. The highest BCUT2D eigenvalue weighted by molar-refractivity contribution is 4.92. The van der Waals surface area contributed by atoms with E-state index < -0.39 is 0 Å². The standard InChI is InChI=1S/C15H30N2/c1-4-15(5-2)8-10-17(13-15)12-14(3)7-6-9-16-11-14/h16H,4-13H2,1-3H3. The summed E-state index contributed by atoms with van der Waals surface area (Å²) in [4.78, 5) is 2.74. The molecule has 1 unspecified atom stereocenters. The second kappa shape index (κ2) is 5.27. The molecule has 2 fully saturated rings. The van der Waals surface area contributed by atoms with Crippen LogP contribution in [0.2, 0.25) is 0 Å². The molecule has 2 nitrogen and oxygen atoms in total. The highest BCUT2D eigenvalue weighted by Crippen LogP contribution is 2.38. The molecule has 1 N–H and O–H groups in total. The minimum absolute atomic E-state index is 0.524. The van der Waals surface area contributed by atoms with Crippen LogP contribution in [0.3, 0.4) is 0 Å². The Kier molecular flexibility index (Phi) is 4.14. The van der Waals surface area contributed by atoms with Crippen molar-refractivity contribution >= 4 is 0 Å². The van der Waals surface area contributed by atoms with Gasteiger partial charge in [-0.1, -0.05) is 20.8 Å². The average Bonchev–Trinajstić information content (AvgIpc) is 2.73. The zero-order valence-corrected chi connectivity index (χ0v) is 12.0. The smallest absolute Gasteiger partial charge is 0.00477 e.